The second-order valence-electron chi connectivity index (χ2n) is 6.12. The average molecular weight is 380 g/mol. The van der Waals surface area contributed by atoms with Gasteiger partial charge >= 0.3 is 12.2 Å². The first-order valence-electron chi connectivity index (χ1n) is 8.21. The molecule has 2 N–H and O–H groups in total. The molecule has 1 aromatic rings. The Balaban J connectivity index is 2.09. The Labute approximate surface area is 154 Å². The molecule has 1 fully saturated rings. The first kappa shape index (κ1) is 19.2. The van der Waals surface area contributed by atoms with Crippen molar-refractivity contribution in [1.82, 2.24) is 10.2 Å². The van der Waals surface area contributed by atoms with Gasteiger partial charge in [-0.25, -0.2) is 4.79 Å². The molecule has 1 saturated heterocycles. The number of hydrogen-bond acceptors (Lipinski definition) is 4. The number of carbonyl (C=O) groups excluding carboxylic acids is 1. The van der Waals surface area contributed by atoms with Crippen LogP contribution in [0.4, 0.5) is 23.7 Å². The van der Waals surface area contributed by atoms with Gasteiger partial charge in [-0.1, -0.05) is 36.4 Å². The molecule has 9 heteroatoms. The third-order valence-electron chi connectivity index (χ3n) is 4.61. The highest BCUT2D eigenvalue weighted by Crippen LogP contribution is 2.38. The molecule has 144 valence electrons. The lowest BCUT2D eigenvalue weighted by Gasteiger charge is -2.33. The molecule has 1 aliphatic heterocycles. The van der Waals surface area contributed by atoms with E-state index in [1.807, 2.05) is 37.3 Å². The van der Waals surface area contributed by atoms with E-state index in [1.54, 1.807) is 7.05 Å². The van der Waals surface area contributed by atoms with Gasteiger partial charge in [0.2, 0.25) is 0 Å². The summed E-state index contributed by atoms with van der Waals surface area (Å²) in [5.74, 6) is 4.93. The van der Waals surface area contributed by atoms with Crippen LogP contribution in [0.15, 0.2) is 60.2 Å². The summed E-state index contributed by atoms with van der Waals surface area (Å²) >= 11 is 0. The SMILES string of the molecule is CC=C1C=CC=CC1C1N(c2cccc(C(F)(F)F)c2)C(=O)N(ON)N1C. The van der Waals surface area contributed by atoms with Crippen molar-refractivity contribution in [2.24, 2.45) is 11.8 Å². The van der Waals surface area contributed by atoms with Gasteiger partial charge < -0.3 is 0 Å². The van der Waals surface area contributed by atoms with Crippen LogP contribution in [0, 0.1) is 5.92 Å². The van der Waals surface area contributed by atoms with Gasteiger partial charge in [-0.3, -0.25) is 4.90 Å². The lowest BCUT2D eigenvalue weighted by molar-refractivity contribution is -0.231. The van der Waals surface area contributed by atoms with Crippen molar-refractivity contribution >= 4 is 11.7 Å². The Morgan fingerprint density at radius 1 is 1.26 bits per heavy atom. The number of allylic oxidation sites excluding steroid dienone is 4. The quantitative estimate of drug-likeness (QED) is 0.814. The van der Waals surface area contributed by atoms with E-state index in [0.717, 1.165) is 22.9 Å². The molecule has 2 amide bonds. The normalized spacial score (nSPS) is 25.1. The highest BCUT2D eigenvalue weighted by molar-refractivity contribution is 5.94. The largest absolute Gasteiger partial charge is 0.416 e. The van der Waals surface area contributed by atoms with E-state index in [4.69, 9.17) is 5.90 Å². The van der Waals surface area contributed by atoms with Crippen LogP contribution in [-0.2, 0) is 11.1 Å². The summed E-state index contributed by atoms with van der Waals surface area (Å²) < 4.78 is 39.4. The Morgan fingerprint density at radius 2 is 2.00 bits per heavy atom. The Bertz CT molecular complexity index is 819. The van der Waals surface area contributed by atoms with Gasteiger partial charge in [0.1, 0.15) is 6.17 Å². The first-order valence-corrected chi connectivity index (χ1v) is 8.21. The number of nitrogens with two attached hydrogens (primary N) is 1. The molecule has 2 atom stereocenters. The molecule has 1 aliphatic carbocycles. The van der Waals surface area contributed by atoms with Gasteiger partial charge in [-0.2, -0.15) is 29.0 Å². The number of rotatable bonds is 3. The molecule has 0 radical (unpaired) electrons. The molecule has 6 nitrogen and oxygen atoms in total. The van der Waals surface area contributed by atoms with Crippen LogP contribution < -0.4 is 10.8 Å². The van der Waals surface area contributed by atoms with E-state index < -0.39 is 23.9 Å². The molecule has 1 aromatic carbocycles. The van der Waals surface area contributed by atoms with Gasteiger partial charge in [-0.05, 0) is 30.7 Å². The maximum absolute atomic E-state index is 13.1. The van der Waals surface area contributed by atoms with Gasteiger partial charge in [0, 0.05) is 18.7 Å². The third kappa shape index (κ3) is 3.36. The Hall–Kier alpha value is -2.62. The van der Waals surface area contributed by atoms with E-state index >= 15 is 0 Å². The van der Waals surface area contributed by atoms with Crippen molar-refractivity contribution in [2.75, 3.05) is 11.9 Å². The number of hydrazine groups is 1. The van der Waals surface area contributed by atoms with Crippen molar-refractivity contribution in [3.05, 3.63) is 65.8 Å². The van der Waals surface area contributed by atoms with Crippen LogP contribution in [0.25, 0.3) is 0 Å². The van der Waals surface area contributed by atoms with Crippen LogP contribution in [0.2, 0.25) is 0 Å². The average Bonchev–Trinajstić information content (AvgIpc) is 2.90. The minimum absolute atomic E-state index is 0.102. The lowest BCUT2D eigenvalue weighted by Crippen LogP contribution is -2.45. The summed E-state index contributed by atoms with van der Waals surface area (Å²) in [7, 11) is 1.59. The van der Waals surface area contributed by atoms with Gasteiger partial charge in [0.05, 0.1) is 5.56 Å². The zero-order valence-corrected chi connectivity index (χ0v) is 14.7. The molecule has 2 unspecified atom stereocenters. The maximum Gasteiger partial charge on any atom is 0.416 e. The fourth-order valence-electron chi connectivity index (χ4n) is 3.36. The number of alkyl halides is 3. The first-order chi connectivity index (χ1) is 12.8. The number of carbonyl (C=O) groups is 1. The smallest absolute Gasteiger partial charge is 0.272 e. The number of halogens is 3. The predicted octanol–water partition coefficient (Wildman–Crippen LogP) is 3.61. The molecule has 2 aliphatic rings. The van der Waals surface area contributed by atoms with E-state index in [9.17, 15) is 18.0 Å². The Morgan fingerprint density at radius 3 is 2.63 bits per heavy atom. The predicted molar refractivity (Wildman–Crippen MR) is 93.5 cm³/mol. The minimum atomic E-state index is -4.52. The molecular formula is C18H19F3N4O2. The maximum atomic E-state index is 13.1. The number of anilines is 1. The molecule has 0 saturated carbocycles. The van der Waals surface area contributed by atoms with E-state index in [1.165, 1.54) is 22.0 Å². The van der Waals surface area contributed by atoms with Crippen molar-refractivity contribution < 1.29 is 22.9 Å². The summed E-state index contributed by atoms with van der Waals surface area (Å²) in [5.41, 5.74) is 0.175. The van der Waals surface area contributed by atoms with Crippen LogP contribution >= 0.6 is 0 Å². The number of urea groups is 1. The number of nitrogens with zero attached hydrogens (tertiary/aromatic N) is 3. The van der Waals surface area contributed by atoms with Crippen molar-refractivity contribution in [3.8, 4) is 0 Å². The van der Waals surface area contributed by atoms with Crippen LogP contribution in [0.5, 0.6) is 0 Å². The van der Waals surface area contributed by atoms with Gasteiger partial charge in [0.25, 0.3) is 0 Å². The van der Waals surface area contributed by atoms with E-state index in [0.29, 0.717) is 0 Å². The molecule has 0 aromatic heterocycles. The number of benzene rings is 1. The van der Waals surface area contributed by atoms with Crippen molar-refractivity contribution in [2.45, 2.75) is 19.3 Å². The molecule has 27 heavy (non-hydrogen) atoms. The molecule has 0 spiro atoms. The lowest BCUT2D eigenvalue weighted by atomic mass is 9.90. The summed E-state index contributed by atoms with van der Waals surface area (Å²) in [4.78, 5) is 18.7. The molecule has 0 bridgehead atoms. The Kier molecular flexibility index (Phi) is 5.09. The highest BCUT2D eigenvalue weighted by atomic mass is 19.4. The van der Waals surface area contributed by atoms with Crippen molar-refractivity contribution in [3.63, 3.8) is 0 Å². The number of amides is 2. The van der Waals surface area contributed by atoms with Crippen LogP contribution in [0.1, 0.15) is 12.5 Å². The minimum Gasteiger partial charge on any atom is -0.272 e. The van der Waals surface area contributed by atoms with Gasteiger partial charge in [0.15, 0.2) is 0 Å². The number of hydrogen-bond donors (Lipinski definition) is 1. The number of hydroxylamine groups is 1. The second kappa shape index (κ2) is 7.18. The molecule has 3 rings (SSSR count). The molecule has 1 heterocycles. The summed E-state index contributed by atoms with van der Waals surface area (Å²) in [6, 6.07) is 3.94. The highest BCUT2D eigenvalue weighted by Gasteiger charge is 2.48. The fourth-order valence-corrected chi connectivity index (χ4v) is 3.36. The van der Waals surface area contributed by atoms with Crippen molar-refractivity contribution in [1.29, 1.82) is 0 Å². The van der Waals surface area contributed by atoms with E-state index in [-0.39, 0.29) is 11.6 Å². The fraction of sp³-hybridized carbons (Fsp3) is 0.278. The second-order valence-corrected chi connectivity index (χ2v) is 6.12. The van der Waals surface area contributed by atoms with Crippen LogP contribution in [-0.4, -0.2) is 29.4 Å². The van der Waals surface area contributed by atoms with Crippen LogP contribution in [0.3, 0.4) is 0 Å². The standard InChI is InChI=1S/C18H19F3N4O2/c1-3-12-7-4-5-10-15(12)16-23(2)25(27-22)17(26)24(16)14-9-6-8-13(11-14)18(19,20)21/h3-11,15-16H,22H2,1-2H3. The third-order valence-corrected chi connectivity index (χ3v) is 4.61. The molecular weight excluding hydrogens is 361 g/mol. The summed E-state index contributed by atoms with van der Waals surface area (Å²) in [6.07, 6.45) is 4.16. The zero-order valence-electron chi connectivity index (χ0n) is 14.7. The summed E-state index contributed by atoms with van der Waals surface area (Å²) in [6.45, 7) is 1.86. The zero-order chi connectivity index (χ0) is 19.8. The monoisotopic (exact) mass is 380 g/mol. The summed E-state index contributed by atoms with van der Waals surface area (Å²) in [5, 5.41) is 2.28. The van der Waals surface area contributed by atoms with E-state index in [2.05, 4.69) is 4.94 Å². The van der Waals surface area contributed by atoms with Gasteiger partial charge in [-0.15, -0.1) is 5.17 Å². The topological polar surface area (TPSA) is 62.0 Å².